The second kappa shape index (κ2) is 5.67. The molecule has 0 spiro atoms. The molecule has 0 N–H and O–H groups in total. The molecule has 0 bridgehead atoms. The smallest absolute Gasteiger partial charge is 0.150 e. The zero-order chi connectivity index (χ0) is 13.1. The number of nitrogens with zero attached hydrogens (tertiary/aromatic N) is 1. The number of carbonyl (C=O) groups is 1. The zero-order valence-corrected chi connectivity index (χ0v) is 12.5. The van der Waals surface area contributed by atoms with Crippen molar-refractivity contribution in [2.24, 2.45) is 0 Å². The fourth-order valence-electron chi connectivity index (χ4n) is 1.64. The first-order valence-electron chi connectivity index (χ1n) is 5.46. The van der Waals surface area contributed by atoms with Crippen LogP contribution in [-0.2, 0) is 0 Å². The van der Waals surface area contributed by atoms with Crippen molar-refractivity contribution in [1.29, 1.82) is 0 Å². The first-order valence-corrected chi connectivity index (χ1v) is 7.07. The van der Waals surface area contributed by atoms with E-state index in [9.17, 15) is 4.79 Å². The lowest BCUT2D eigenvalue weighted by Crippen LogP contribution is -1.88. The first kappa shape index (κ1) is 13.3. The van der Waals surface area contributed by atoms with Crippen LogP contribution in [0, 0.1) is 13.8 Å². The maximum atomic E-state index is 10.7. The Morgan fingerprint density at radius 3 is 2.61 bits per heavy atom. The molecule has 2 nitrogen and oxygen atoms in total. The number of benzene rings is 1. The molecule has 0 saturated heterocycles. The molecule has 18 heavy (non-hydrogen) atoms. The van der Waals surface area contributed by atoms with Crippen LogP contribution in [0.3, 0.4) is 0 Å². The van der Waals surface area contributed by atoms with Crippen molar-refractivity contribution >= 4 is 34.0 Å². The fraction of sp³-hybridized carbons (Fsp3) is 0.143. The molecule has 0 aliphatic heterocycles. The Labute approximate surface area is 119 Å². The van der Waals surface area contributed by atoms with Gasteiger partial charge in [-0.25, -0.2) is 4.98 Å². The summed E-state index contributed by atoms with van der Waals surface area (Å²) in [6, 6.07) is 9.66. The summed E-state index contributed by atoms with van der Waals surface area (Å²) in [6.45, 7) is 4.05. The van der Waals surface area contributed by atoms with Crippen LogP contribution < -0.4 is 0 Å². The summed E-state index contributed by atoms with van der Waals surface area (Å²) in [7, 11) is 0. The maximum Gasteiger partial charge on any atom is 0.150 e. The van der Waals surface area contributed by atoms with Crippen LogP contribution in [-0.4, -0.2) is 11.3 Å². The number of halogens is 1. The molecule has 0 aliphatic carbocycles. The predicted octanol–water partition coefficient (Wildman–Crippen LogP) is 4.42. The average Bonchev–Trinajstić information content (AvgIpc) is 2.30. The van der Waals surface area contributed by atoms with E-state index >= 15 is 0 Å². The average molecular weight is 322 g/mol. The number of aromatic nitrogens is 1. The van der Waals surface area contributed by atoms with Crippen molar-refractivity contribution in [1.82, 2.24) is 4.98 Å². The van der Waals surface area contributed by atoms with Crippen LogP contribution in [0.2, 0.25) is 0 Å². The number of carbonyl (C=O) groups excluding carboxylic acids is 1. The number of pyridine rings is 1. The Bertz CT molecular complexity index is 578. The highest BCUT2D eigenvalue weighted by Crippen LogP contribution is 2.33. The molecule has 1 aromatic carbocycles. The van der Waals surface area contributed by atoms with Crippen molar-refractivity contribution in [2.75, 3.05) is 0 Å². The van der Waals surface area contributed by atoms with Gasteiger partial charge in [0.05, 0.1) is 0 Å². The van der Waals surface area contributed by atoms with Crippen LogP contribution in [0.1, 0.15) is 21.6 Å². The summed E-state index contributed by atoms with van der Waals surface area (Å²) in [5.41, 5.74) is 2.88. The molecule has 0 fully saturated rings. The minimum atomic E-state index is 0.666. The van der Waals surface area contributed by atoms with Gasteiger partial charge >= 0.3 is 0 Å². The second-order valence-corrected chi connectivity index (χ2v) is 5.95. The Hall–Kier alpha value is -1.13. The topological polar surface area (TPSA) is 30.0 Å². The molecular formula is C14H12BrNOS. The molecule has 1 heterocycles. The number of aryl methyl sites for hydroxylation is 2. The predicted molar refractivity (Wildman–Crippen MR) is 77.4 cm³/mol. The molecule has 92 valence electrons. The molecule has 0 aliphatic rings. The van der Waals surface area contributed by atoms with E-state index < -0.39 is 0 Å². The summed E-state index contributed by atoms with van der Waals surface area (Å²) in [6.07, 6.45) is 0.842. The maximum absolute atomic E-state index is 10.7. The van der Waals surface area contributed by atoms with E-state index in [1.54, 1.807) is 11.8 Å². The normalized spacial score (nSPS) is 10.4. The van der Waals surface area contributed by atoms with E-state index in [0.29, 0.717) is 5.56 Å². The Morgan fingerprint density at radius 1 is 1.22 bits per heavy atom. The Kier molecular flexibility index (Phi) is 4.19. The van der Waals surface area contributed by atoms with Gasteiger partial charge in [0.2, 0.25) is 0 Å². The van der Waals surface area contributed by atoms with Crippen molar-refractivity contribution in [3.05, 3.63) is 51.6 Å². The second-order valence-electron chi connectivity index (χ2n) is 4.03. The third-order valence-corrected chi connectivity index (χ3v) is 4.29. The quantitative estimate of drug-likeness (QED) is 0.783. The summed E-state index contributed by atoms with van der Waals surface area (Å²) in [5.74, 6) is 0. The molecule has 2 rings (SSSR count). The number of rotatable bonds is 3. The van der Waals surface area contributed by atoms with Gasteiger partial charge in [-0.1, -0.05) is 17.8 Å². The van der Waals surface area contributed by atoms with Crippen molar-refractivity contribution in [3.63, 3.8) is 0 Å². The SMILES string of the molecule is Cc1cc(C)nc(Sc2ccc(C=O)cc2Br)c1. The van der Waals surface area contributed by atoms with E-state index in [1.165, 1.54) is 5.56 Å². The molecular weight excluding hydrogens is 310 g/mol. The van der Waals surface area contributed by atoms with E-state index in [0.717, 1.165) is 26.4 Å². The lowest BCUT2D eigenvalue weighted by Gasteiger charge is -2.06. The minimum absolute atomic E-state index is 0.666. The summed E-state index contributed by atoms with van der Waals surface area (Å²) < 4.78 is 0.915. The summed E-state index contributed by atoms with van der Waals surface area (Å²) in [5, 5.41) is 0.965. The highest BCUT2D eigenvalue weighted by atomic mass is 79.9. The molecule has 0 unspecified atom stereocenters. The van der Waals surface area contributed by atoms with E-state index in [1.807, 2.05) is 25.1 Å². The highest BCUT2D eigenvalue weighted by molar-refractivity contribution is 9.10. The lowest BCUT2D eigenvalue weighted by atomic mass is 10.2. The molecule has 0 atom stereocenters. The van der Waals surface area contributed by atoms with Crippen LogP contribution >= 0.6 is 27.7 Å². The van der Waals surface area contributed by atoms with Gasteiger partial charge in [0, 0.05) is 20.6 Å². The Balaban J connectivity index is 2.31. The number of hydrogen-bond acceptors (Lipinski definition) is 3. The third kappa shape index (κ3) is 3.21. The van der Waals surface area contributed by atoms with Gasteiger partial charge in [-0.3, -0.25) is 4.79 Å². The molecule has 0 amide bonds. The van der Waals surface area contributed by atoms with Crippen molar-refractivity contribution < 1.29 is 4.79 Å². The molecule has 1 aromatic heterocycles. The van der Waals surface area contributed by atoms with E-state index in [2.05, 4.69) is 40.0 Å². The van der Waals surface area contributed by atoms with Gasteiger partial charge < -0.3 is 0 Å². The fourth-order valence-corrected chi connectivity index (χ4v) is 3.23. The first-order chi connectivity index (χ1) is 8.58. The van der Waals surface area contributed by atoms with Gasteiger partial charge in [0.1, 0.15) is 11.3 Å². The summed E-state index contributed by atoms with van der Waals surface area (Å²) >= 11 is 5.06. The van der Waals surface area contributed by atoms with Crippen LogP contribution in [0.25, 0.3) is 0 Å². The van der Waals surface area contributed by atoms with Crippen molar-refractivity contribution in [2.45, 2.75) is 23.8 Å². The monoisotopic (exact) mass is 321 g/mol. The van der Waals surface area contributed by atoms with Gasteiger partial charge in [-0.05, 0) is 59.6 Å². The lowest BCUT2D eigenvalue weighted by molar-refractivity contribution is 0.112. The third-order valence-electron chi connectivity index (χ3n) is 2.38. The van der Waals surface area contributed by atoms with E-state index in [4.69, 9.17) is 0 Å². The molecule has 2 aromatic rings. The van der Waals surface area contributed by atoms with Crippen LogP contribution in [0.4, 0.5) is 0 Å². The van der Waals surface area contributed by atoms with Gasteiger partial charge in [0.25, 0.3) is 0 Å². The molecule has 4 heteroatoms. The van der Waals surface area contributed by atoms with Crippen molar-refractivity contribution in [3.8, 4) is 0 Å². The minimum Gasteiger partial charge on any atom is -0.298 e. The number of aldehydes is 1. The summed E-state index contributed by atoms with van der Waals surface area (Å²) in [4.78, 5) is 16.2. The number of hydrogen-bond donors (Lipinski definition) is 0. The van der Waals surface area contributed by atoms with Crippen LogP contribution in [0.15, 0.2) is 44.7 Å². The standard InChI is InChI=1S/C14H12BrNOS/c1-9-5-10(2)16-14(6-9)18-13-4-3-11(8-17)7-12(13)15/h3-8H,1-2H3. The van der Waals surface area contributed by atoms with Gasteiger partial charge in [-0.15, -0.1) is 0 Å². The molecule has 0 saturated carbocycles. The zero-order valence-electron chi connectivity index (χ0n) is 10.1. The molecule has 0 radical (unpaired) electrons. The van der Waals surface area contributed by atoms with Crippen LogP contribution in [0.5, 0.6) is 0 Å². The highest BCUT2D eigenvalue weighted by Gasteiger charge is 2.05. The van der Waals surface area contributed by atoms with Gasteiger partial charge in [0.15, 0.2) is 0 Å². The van der Waals surface area contributed by atoms with Gasteiger partial charge in [-0.2, -0.15) is 0 Å². The van der Waals surface area contributed by atoms with E-state index in [-0.39, 0.29) is 0 Å². The Morgan fingerprint density at radius 2 is 2.00 bits per heavy atom. The largest absolute Gasteiger partial charge is 0.298 e.